The Morgan fingerprint density at radius 1 is 1.45 bits per heavy atom. The highest BCUT2D eigenvalue weighted by atomic mass is 19.1. The predicted molar refractivity (Wildman–Crippen MR) is 65.3 cm³/mol. The second-order valence-electron chi connectivity index (χ2n) is 3.57. The van der Waals surface area contributed by atoms with Crippen LogP contribution in [0.3, 0.4) is 0 Å². The molecule has 5 N–H and O–H groups in total. The number of hydrogen-bond donors (Lipinski definition) is 3. The Morgan fingerprint density at radius 3 is 2.65 bits per heavy atom. The Balaban J connectivity index is 2.84. The summed E-state index contributed by atoms with van der Waals surface area (Å²) in [5.74, 6) is -1.85. The van der Waals surface area contributed by atoms with Crippen LogP contribution in [0.15, 0.2) is 12.1 Å². The average Bonchev–Trinajstić information content (AvgIpc) is 2.36. The lowest BCUT2D eigenvalue weighted by Gasteiger charge is -2.07. The second-order valence-corrected chi connectivity index (χ2v) is 3.57. The number of nitrogens with two attached hydrogens (primary N) is 2. The van der Waals surface area contributed by atoms with Gasteiger partial charge < -0.3 is 21.5 Å². The van der Waals surface area contributed by atoms with Crippen molar-refractivity contribution in [2.45, 2.75) is 0 Å². The van der Waals surface area contributed by atoms with Crippen LogP contribution in [0, 0.1) is 15.9 Å². The van der Waals surface area contributed by atoms with Crippen LogP contribution in [0.5, 0.6) is 0 Å². The van der Waals surface area contributed by atoms with Crippen LogP contribution in [0.4, 0.5) is 20.6 Å². The van der Waals surface area contributed by atoms with Crippen molar-refractivity contribution < 1.29 is 23.6 Å². The van der Waals surface area contributed by atoms with Crippen LogP contribution >= 0.6 is 0 Å². The standard InChI is InChI=1S/C10H11FN4O5/c11-6-4-8(15(18)19)5(3-7(6)12)9(16)14-1-2-20-10(13)17/h3-4H,1-2,12H2,(H2,13,17)(H,14,16). The van der Waals surface area contributed by atoms with Gasteiger partial charge in [0, 0.05) is 0 Å². The first-order valence-electron chi connectivity index (χ1n) is 5.26. The number of amides is 2. The highest BCUT2D eigenvalue weighted by molar-refractivity contribution is 5.99. The molecule has 0 bridgehead atoms. The van der Waals surface area contributed by atoms with Crippen molar-refractivity contribution in [1.82, 2.24) is 5.32 Å². The van der Waals surface area contributed by atoms with E-state index in [1.807, 2.05) is 0 Å². The number of hydrogen-bond acceptors (Lipinski definition) is 6. The van der Waals surface area contributed by atoms with Gasteiger partial charge in [-0.05, 0) is 6.07 Å². The zero-order valence-corrected chi connectivity index (χ0v) is 10.1. The molecule has 0 atom stereocenters. The van der Waals surface area contributed by atoms with Gasteiger partial charge in [-0.1, -0.05) is 0 Å². The smallest absolute Gasteiger partial charge is 0.404 e. The minimum absolute atomic E-state index is 0.115. The number of nitro benzene ring substituents is 1. The van der Waals surface area contributed by atoms with E-state index in [1.165, 1.54) is 0 Å². The van der Waals surface area contributed by atoms with Crippen molar-refractivity contribution in [2.24, 2.45) is 5.73 Å². The highest BCUT2D eigenvalue weighted by Crippen LogP contribution is 2.24. The SMILES string of the molecule is NC(=O)OCCNC(=O)c1cc(N)c(F)cc1[N+](=O)[O-]. The fourth-order valence-electron chi connectivity index (χ4n) is 1.32. The lowest BCUT2D eigenvalue weighted by Crippen LogP contribution is -2.29. The Morgan fingerprint density at radius 2 is 2.10 bits per heavy atom. The molecule has 0 heterocycles. The number of nitrogens with one attached hydrogen (secondary N) is 1. The molecule has 0 fully saturated rings. The number of nitro groups is 1. The van der Waals surface area contributed by atoms with Gasteiger partial charge in [-0.15, -0.1) is 0 Å². The minimum atomic E-state index is -1.02. The van der Waals surface area contributed by atoms with Crippen LogP contribution in [0.1, 0.15) is 10.4 Å². The van der Waals surface area contributed by atoms with Crippen molar-refractivity contribution in [3.05, 3.63) is 33.6 Å². The van der Waals surface area contributed by atoms with E-state index < -0.39 is 39.7 Å². The number of nitrogens with zero attached hydrogens (tertiary/aromatic N) is 1. The van der Waals surface area contributed by atoms with Crippen molar-refractivity contribution in [2.75, 3.05) is 18.9 Å². The summed E-state index contributed by atoms with van der Waals surface area (Å²) < 4.78 is 17.5. The molecule has 0 aromatic heterocycles. The number of primary amides is 1. The van der Waals surface area contributed by atoms with Crippen LogP contribution in [0.25, 0.3) is 0 Å². The molecular formula is C10H11FN4O5. The molecule has 0 aliphatic carbocycles. The molecule has 0 saturated carbocycles. The maximum absolute atomic E-state index is 13.1. The van der Waals surface area contributed by atoms with Gasteiger partial charge in [0.15, 0.2) is 5.82 Å². The minimum Gasteiger partial charge on any atom is -0.448 e. The predicted octanol–water partition coefficient (Wildman–Crippen LogP) is 0.141. The van der Waals surface area contributed by atoms with E-state index in [4.69, 9.17) is 11.5 Å². The maximum Gasteiger partial charge on any atom is 0.404 e. The van der Waals surface area contributed by atoms with Gasteiger partial charge in [-0.3, -0.25) is 14.9 Å². The number of carbonyl (C=O) groups excluding carboxylic acids is 2. The molecule has 0 aliphatic rings. The van der Waals surface area contributed by atoms with Crippen LogP contribution in [-0.4, -0.2) is 30.1 Å². The number of ether oxygens (including phenoxy) is 1. The van der Waals surface area contributed by atoms with E-state index in [9.17, 15) is 24.1 Å². The average molecular weight is 286 g/mol. The van der Waals surface area contributed by atoms with Gasteiger partial charge in [-0.25, -0.2) is 9.18 Å². The number of nitrogen functional groups attached to an aromatic ring is 1. The Kier molecular flexibility index (Phi) is 4.78. The van der Waals surface area contributed by atoms with Gasteiger partial charge >= 0.3 is 6.09 Å². The third kappa shape index (κ3) is 3.80. The van der Waals surface area contributed by atoms with Crippen molar-refractivity contribution in [1.29, 1.82) is 0 Å². The van der Waals surface area contributed by atoms with E-state index in [-0.39, 0.29) is 13.2 Å². The van der Waals surface area contributed by atoms with Crippen LogP contribution in [-0.2, 0) is 4.74 Å². The fourth-order valence-corrected chi connectivity index (χ4v) is 1.32. The molecule has 0 spiro atoms. The molecule has 2 amide bonds. The number of halogens is 1. The molecule has 10 heteroatoms. The highest BCUT2D eigenvalue weighted by Gasteiger charge is 2.22. The lowest BCUT2D eigenvalue weighted by atomic mass is 10.1. The first-order chi connectivity index (χ1) is 9.32. The van der Waals surface area contributed by atoms with E-state index >= 15 is 0 Å². The summed E-state index contributed by atoms with van der Waals surface area (Å²) in [6.07, 6.45) is -1.02. The molecular weight excluding hydrogens is 275 g/mol. The summed E-state index contributed by atoms with van der Waals surface area (Å²) in [6, 6.07) is 1.42. The molecule has 0 unspecified atom stereocenters. The second kappa shape index (κ2) is 6.31. The Labute approximate surface area is 111 Å². The Hall–Kier alpha value is -2.91. The maximum atomic E-state index is 13.1. The third-order valence-electron chi connectivity index (χ3n) is 2.19. The lowest BCUT2D eigenvalue weighted by molar-refractivity contribution is -0.385. The molecule has 0 saturated heterocycles. The topological polar surface area (TPSA) is 151 Å². The quantitative estimate of drug-likeness (QED) is 0.303. The van der Waals surface area contributed by atoms with E-state index in [2.05, 4.69) is 10.1 Å². The Bertz CT molecular complexity index is 563. The fraction of sp³-hybridized carbons (Fsp3) is 0.200. The van der Waals surface area contributed by atoms with Crippen LogP contribution < -0.4 is 16.8 Å². The van der Waals surface area contributed by atoms with Crippen molar-refractivity contribution >= 4 is 23.4 Å². The summed E-state index contributed by atoms with van der Waals surface area (Å²) in [6.45, 7) is -0.318. The van der Waals surface area contributed by atoms with Crippen molar-refractivity contribution in [3.63, 3.8) is 0 Å². The molecule has 0 radical (unpaired) electrons. The summed E-state index contributed by atoms with van der Waals surface area (Å²) in [4.78, 5) is 31.8. The van der Waals surface area contributed by atoms with Crippen molar-refractivity contribution in [3.8, 4) is 0 Å². The zero-order chi connectivity index (χ0) is 15.3. The first kappa shape index (κ1) is 15.1. The van der Waals surface area contributed by atoms with Crippen LogP contribution in [0.2, 0.25) is 0 Å². The normalized spacial score (nSPS) is 9.85. The monoisotopic (exact) mass is 286 g/mol. The molecule has 108 valence electrons. The van der Waals surface area contributed by atoms with Gasteiger partial charge in [0.05, 0.1) is 23.2 Å². The molecule has 0 aliphatic heterocycles. The largest absolute Gasteiger partial charge is 0.448 e. The van der Waals surface area contributed by atoms with Gasteiger partial charge in [0.1, 0.15) is 12.2 Å². The summed E-state index contributed by atoms with van der Waals surface area (Å²) in [7, 11) is 0. The number of carbonyl (C=O) groups is 2. The van der Waals surface area contributed by atoms with Gasteiger partial charge in [-0.2, -0.15) is 0 Å². The zero-order valence-electron chi connectivity index (χ0n) is 10.1. The summed E-state index contributed by atoms with van der Waals surface area (Å²) in [5.41, 5.74) is 8.45. The number of rotatable bonds is 5. The number of anilines is 1. The summed E-state index contributed by atoms with van der Waals surface area (Å²) >= 11 is 0. The first-order valence-corrected chi connectivity index (χ1v) is 5.26. The third-order valence-corrected chi connectivity index (χ3v) is 2.19. The van der Waals surface area contributed by atoms with E-state index in [1.54, 1.807) is 0 Å². The molecule has 1 aromatic rings. The molecule has 9 nitrogen and oxygen atoms in total. The molecule has 20 heavy (non-hydrogen) atoms. The molecule has 1 rings (SSSR count). The van der Waals surface area contributed by atoms with Gasteiger partial charge in [0.25, 0.3) is 11.6 Å². The molecule has 1 aromatic carbocycles. The van der Waals surface area contributed by atoms with E-state index in [0.29, 0.717) is 6.07 Å². The van der Waals surface area contributed by atoms with Gasteiger partial charge in [0.2, 0.25) is 0 Å². The summed E-state index contributed by atoms with van der Waals surface area (Å²) in [5, 5.41) is 13.0. The number of benzene rings is 1. The van der Waals surface area contributed by atoms with E-state index in [0.717, 1.165) is 6.07 Å².